The highest BCUT2D eigenvalue weighted by molar-refractivity contribution is 7.13. The van der Waals surface area contributed by atoms with Crippen molar-refractivity contribution in [3.63, 3.8) is 0 Å². The lowest BCUT2D eigenvalue weighted by molar-refractivity contribution is 0.199. The van der Waals surface area contributed by atoms with E-state index in [4.69, 9.17) is 4.74 Å². The maximum absolute atomic E-state index is 13.0. The van der Waals surface area contributed by atoms with E-state index in [0.717, 1.165) is 36.1 Å². The predicted octanol–water partition coefficient (Wildman–Crippen LogP) is 3.18. The van der Waals surface area contributed by atoms with Gasteiger partial charge in [0.1, 0.15) is 5.82 Å². The van der Waals surface area contributed by atoms with E-state index in [2.05, 4.69) is 22.1 Å². The summed E-state index contributed by atoms with van der Waals surface area (Å²) in [7, 11) is 1.68. The molecule has 0 saturated heterocycles. The van der Waals surface area contributed by atoms with E-state index in [1.54, 1.807) is 30.6 Å². The van der Waals surface area contributed by atoms with Crippen LogP contribution < -0.4 is 10.2 Å². The number of ether oxygens (including phenoxy) is 1. The second-order valence-corrected chi connectivity index (χ2v) is 5.35. The number of nitrogens with zero attached hydrogens (tertiary/aromatic N) is 2. The zero-order chi connectivity index (χ0) is 15.1. The lowest BCUT2D eigenvalue weighted by Crippen LogP contribution is -2.19. The largest absolute Gasteiger partial charge is 0.383 e. The summed E-state index contributed by atoms with van der Waals surface area (Å²) in [6, 6.07) is 6.49. The van der Waals surface area contributed by atoms with Gasteiger partial charge in [-0.3, -0.25) is 0 Å². The molecule has 2 rings (SSSR count). The molecule has 1 heterocycles. The van der Waals surface area contributed by atoms with Gasteiger partial charge in [-0.2, -0.15) is 0 Å². The maximum Gasteiger partial charge on any atom is 0.190 e. The number of thiazole rings is 1. The van der Waals surface area contributed by atoms with Gasteiger partial charge >= 0.3 is 0 Å². The molecule has 0 saturated carbocycles. The highest BCUT2D eigenvalue weighted by Crippen LogP contribution is 2.28. The van der Waals surface area contributed by atoms with Crippen LogP contribution >= 0.6 is 11.3 Å². The second-order valence-electron chi connectivity index (χ2n) is 4.51. The lowest BCUT2D eigenvalue weighted by Gasteiger charge is -2.19. The monoisotopic (exact) mass is 309 g/mol. The Morgan fingerprint density at radius 1 is 1.33 bits per heavy atom. The zero-order valence-electron chi connectivity index (χ0n) is 12.3. The zero-order valence-corrected chi connectivity index (χ0v) is 13.1. The van der Waals surface area contributed by atoms with Crippen LogP contribution in [0.2, 0.25) is 0 Å². The Balaban J connectivity index is 2.02. The molecule has 0 fully saturated rings. The van der Waals surface area contributed by atoms with Crippen LogP contribution in [-0.4, -0.2) is 31.8 Å². The summed E-state index contributed by atoms with van der Waals surface area (Å²) in [6.07, 6.45) is 0. The van der Waals surface area contributed by atoms with Crippen molar-refractivity contribution in [1.82, 2.24) is 10.3 Å². The highest BCUT2D eigenvalue weighted by atomic mass is 32.1. The molecule has 4 nitrogen and oxygen atoms in total. The number of halogens is 1. The number of hydrogen-bond donors (Lipinski definition) is 1. The van der Waals surface area contributed by atoms with Gasteiger partial charge in [-0.15, -0.1) is 11.3 Å². The Kier molecular flexibility index (Phi) is 6.10. The van der Waals surface area contributed by atoms with Crippen LogP contribution in [-0.2, 0) is 11.3 Å². The molecule has 21 heavy (non-hydrogen) atoms. The number of anilines is 2. The molecule has 0 aliphatic rings. The standard InChI is InChI=1S/C15H20FN3OS/c1-3-19(14-6-4-12(16)5-7-14)15-18-13(11-21-15)10-17-8-9-20-2/h4-7,11,17H,3,8-10H2,1-2H3. The molecule has 0 aliphatic heterocycles. The number of aromatic nitrogens is 1. The van der Waals surface area contributed by atoms with E-state index >= 15 is 0 Å². The molecule has 0 spiro atoms. The van der Waals surface area contributed by atoms with Crippen LogP contribution in [0.1, 0.15) is 12.6 Å². The topological polar surface area (TPSA) is 37.4 Å². The molecule has 0 radical (unpaired) electrons. The summed E-state index contributed by atoms with van der Waals surface area (Å²) in [6.45, 7) is 5.06. The van der Waals surface area contributed by atoms with Crippen LogP contribution in [0, 0.1) is 5.82 Å². The maximum atomic E-state index is 13.0. The summed E-state index contributed by atoms with van der Waals surface area (Å²) in [4.78, 5) is 6.70. The molecular formula is C15H20FN3OS. The fourth-order valence-corrected chi connectivity index (χ4v) is 2.85. The molecule has 6 heteroatoms. The lowest BCUT2D eigenvalue weighted by atomic mass is 10.3. The van der Waals surface area contributed by atoms with Crippen molar-refractivity contribution in [3.8, 4) is 0 Å². The SMILES string of the molecule is CCN(c1ccc(F)cc1)c1nc(CNCCOC)cs1. The van der Waals surface area contributed by atoms with E-state index < -0.39 is 0 Å². The van der Waals surface area contributed by atoms with Gasteiger partial charge in [-0.05, 0) is 31.2 Å². The van der Waals surface area contributed by atoms with Crippen LogP contribution in [0.25, 0.3) is 0 Å². The minimum Gasteiger partial charge on any atom is -0.383 e. The summed E-state index contributed by atoms with van der Waals surface area (Å²) < 4.78 is 18.0. The number of methoxy groups -OCH3 is 1. The molecule has 2 aromatic rings. The van der Waals surface area contributed by atoms with Gasteiger partial charge in [-0.1, -0.05) is 0 Å². The predicted molar refractivity (Wildman–Crippen MR) is 84.8 cm³/mol. The van der Waals surface area contributed by atoms with Crippen molar-refractivity contribution in [2.24, 2.45) is 0 Å². The normalized spacial score (nSPS) is 10.8. The summed E-state index contributed by atoms with van der Waals surface area (Å²) in [5.74, 6) is -0.225. The van der Waals surface area contributed by atoms with Gasteiger partial charge in [0.2, 0.25) is 0 Å². The Hall–Kier alpha value is -1.50. The molecule has 1 N–H and O–H groups in total. The van der Waals surface area contributed by atoms with Crippen molar-refractivity contribution in [3.05, 3.63) is 41.2 Å². The molecule has 0 unspecified atom stereocenters. The average Bonchev–Trinajstić information content (AvgIpc) is 2.95. The quantitative estimate of drug-likeness (QED) is 0.760. The van der Waals surface area contributed by atoms with E-state index in [0.29, 0.717) is 6.61 Å². The molecule has 0 amide bonds. The summed E-state index contributed by atoms with van der Waals surface area (Å²) in [5.41, 5.74) is 1.96. The van der Waals surface area contributed by atoms with E-state index in [9.17, 15) is 4.39 Å². The van der Waals surface area contributed by atoms with Crippen molar-refractivity contribution >= 4 is 22.2 Å². The molecule has 0 atom stereocenters. The minimum absolute atomic E-state index is 0.225. The van der Waals surface area contributed by atoms with Crippen molar-refractivity contribution in [1.29, 1.82) is 0 Å². The summed E-state index contributed by atoms with van der Waals surface area (Å²) >= 11 is 1.59. The number of benzene rings is 1. The third-order valence-corrected chi connectivity index (χ3v) is 3.93. The number of nitrogens with one attached hydrogen (secondary N) is 1. The van der Waals surface area contributed by atoms with Crippen LogP contribution in [0.3, 0.4) is 0 Å². The van der Waals surface area contributed by atoms with Crippen LogP contribution in [0.4, 0.5) is 15.2 Å². The molecule has 1 aromatic carbocycles. The molecule has 0 aliphatic carbocycles. The van der Waals surface area contributed by atoms with Gasteiger partial charge in [-0.25, -0.2) is 9.37 Å². The van der Waals surface area contributed by atoms with Crippen molar-refractivity contribution < 1.29 is 9.13 Å². The first-order valence-electron chi connectivity index (χ1n) is 6.91. The molecule has 0 bridgehead atoms. The van der Waals surface area contributed by atoms with Crippen molar-refractivity contribution in [2.75, 3.05) is 31.7 Å². The fraction of sp³-hybridized carbons (Fsp3) is 0.400. The number of rotatable bonds is 8. The van der Waals surface area contributed by atoms with E-state index in [1.807, 2.05) is 5.38 Å². The minimum atomic E-state index is -0.225. The van der Waals surface area contributed by atoms with Crippen molar-refractivity contribution in [2.45, 2.75) is 13.5 Å². The van der Waals surface area contributed by atoms with Gasteiger partial charge in [0.15, 0.2) is 5.13 Å². The van der Waals surface area contributed by atoms with Gasteiger partial charge < -0.3 is 15.0 Å². The third-order valence-electron chi connectivity index (χ3n) is 3.01. The Labute approximate surface area is 128 Å². The first kappa shape index (κ1) is 15.9. The fourth-order valence-electron chi connectivity index (χ4n) is 1.94. The second kappa shape index (κ2) is 8.07. The summed E-state index contributed by atoms with van der Waals surface area (Å²) in [5, 5.41) is 6.24. The average molecular weight is 309 g/mol. The Morgan fingerprint density at radius 3 is 2.76 bits per heavy atom. The van der Waals surface area contributed by atoms with E-state index in [-0.39, 0.29) is 5.82 Å². The first-order chi connectivity index (χ1) is 10.2. The van der Waals surface area contributed by atoms with E-state index in [1.165, 1.54) is 12.1 Å². The Morgan fingerprint density at radius 2 is 2.10 bits per heavy atom. The van der Waals surface area contributed by atoms with Crippen LogP contribution in [0.15, 0.2) is 29.6 Å². The molecule has 1 aromatic heterocycles. The molecule has 114 valence electrons. The third kappa shape index (κ3) is 4.49. The smallest absolute Gasteiger partial charge is 0.190 e. The van der Waals surface area contributed by atoms with Gasteiger partial charge in [0, 0.05) is 37.8 Å². The molecular weight excluding hydrogens is 289 g/mol. The first-order valence-corrected chi connectivity index (χ1v) is 7.79. The Bertz CT molecular complexity index is 544. The number of hydrogen-bond acceptors (Lipinski definition) is 5. The van der Waals surface area contributed by atoms with Crippen LogP contribution in [0.5, 0.6) is 0 Å². The van der Waals surface area contributed by atoms with Gasteiger partial charge in [0.05, 0.1) is 12.3 Å². The van der Waals surface area contributed by atoms with Gasteiger partial charge in [0.25, 0.3) is 0 Å². The highest BCUT2D eigenvalue weighted by Gasteiger charge is 2.11.